The Morgan fingerprint density at radius 1 is 1.40 bits per heavy atom. The van der Waals surface area contributed by atoms with Crippen LogP contribution in [0.15, 0.2) is 0 Å². The fraction of sp³-hybridized carbons (Fsp3) is 1.00. The van der Waals surface area contributed by atoms with Crippen molar-refractivity contribution >= 4 is 10.0 Å². The maximum atomic E-state index is 12.2. The van der Waals surface area contributed by atoms with Crippen LogP contribution in [0.2, 0.25) is 0 Å². The minimum absolute atomic E-state index is 0.0192. The molecule has 1 aliphatic rings. The summed E-state index contributed by atoms with van der Waals surface area (Å²) in [6, 6.07) is -0.0192. The van der Waals surface area contributed by atoms with Gasteiger partial charge in [-0.25, -0.2) is 8.42 Å². The van der Waals surface area contributed by atoms with Gasteiger partial charge in [-0.3, -0.25) is 0 Å². The predicted molar refractivity (Wildman–Crippen MR) is 62.0 cm³/mol. The van der Waals surface area contributed by atoms with Crippen molar-refractivity contribution in [2.75, 3.05) is 13.6 Å². The molecule has 0 spiro atoms. The van der Waals surface area contributed by atoms with Gasteiger partial charge >= 0.3 is 0 Å². The first kappa shape index (κ1) is 12.9. The predicted octanol–water partition coefficient (Wildman–Crippen LogP) is 0.784. The Morgan fingerprint density at radius 2 is 1.87 bits per heavy atom. The van der Waals surface area contributed by atoms with Crippen LogP contribution in [-0.4, -0.2) is 37.1 Å². The van der Waals surface area contributed by atoms with E-state index in [1.54, 1.807) is 27.8 Å². The van der Waals surface area contributed by atoms with Gasteiger partial charge in [-0.1, -0.05) is 0 Å². The molecule has 1 aliphatic carbocycles. The lowest BCUT2D eigenvalue weighted by molar-refractivity contribution is 0.331. The van der Waals surface area contributed by atoms with Crippen molar-refractivity contribution < 1.29 is 8.42 Å². The fourth-order valence-electron chi connectivity index (χ4n) is 1.73. The molecule has 2 N–H and O–H groups in total. The largest absolute Gasteiger partial charge is 0.329 e. The highest BCUT2D eigenvalue weighted by Gasteiger charge is 2.41. The summed E-state index contributed by atoms with van der Waals surface area (Å²) < 4.78 is 25.0. The lowest BCUT2D eigenvalue weighted by Gasteiger charge is -2.32. The number of nitrogens with zero attached hydrogens (tertiary/aromatic N) is 1. The van der Waals surface area contributed by atoms with Crippen molar-refractivity contribution in [2.45, 2.75) is 44.4 Å². The Hall–Kier alpha value is -0.130. The number of likely N-dealkylation sites (N-methyl/N-ethyl adjacent to an activating group) is 1. The zero-order valence-corrected chi connectivity index (χ0v) is 10.8. The molecule has 0 aromatic heterocycles. The first-order chi connectivity index (χ1) is 6.71. The quantitative estimate of drug-likeness (QED) is 0.782. The van der Waals surface area contributed by atoms with Crippen molar-refractivity contribution in [3.63, 3.8) is 0 Å². The molecular weight excluding hydrogens is 212 g/mol. The lowest BCUT2D eigenvalue weighted by atomic mass is 10.2. The minimum Gasteiger partial charge on any atom is -0.329 e. The average molecular weight is 234 g/mol. The first-order valence-corrected chi connectivity index (χ1v) is 6.83. The summed E-state index contributed by atoms with van der Waals surface area (Å²) in [4.78, 5) is 0. The van der Waals surface area contributed by atoms with Gasteiger partial charge in [0.25, 0.3) is 0 Å². The third-order valence-corrected chi connectivity index (χ3v) is 5.60. The van der Waals surface area contributed by atoms with E-state index in [4.69, 9.17) is 5.73 Å². The molecule has 1 saturated carbocycles. The van der Waals surface area contributed by atoms with Crippen LogP contribution < -0.4 is 5.73 Å². The monoisotopic (exact) mass is 234 g/mol. The summed E-state index contributed by atoms with van der Waals surface area (Å²) in [6.45, 7) is 5.58. The third-order valence-electron chi connectivity index (χ3n) is 3.03. The highest BCUT2D eigenvalue weighted by Crippen LogP contribution is 2.36. The summed E-state index contributed by atoms with van der Waals surface area (Å²) >= 11 is 0. The lowest BCUT2D eigenvalue weighted by Crippen LogP contribution is -2.49. The van der Waals surface area contributed by atoms with E-state index in [-0.39, 0.29) is 6.04 Å². The van der Waals surface area contributed by atoms with Crippen LogP contribution in [0.3, 0.4) is 0 Å². The van der Waals surface area contributed by atoms with E-state index < -0.39 is 14.8 Å². The fourth-order valence-corrected chi connectivity index (χ4v) is 3.21. The van der Waals surface area contributed by atoms with Crippen LogP contribution in [0.4, 0.5) is 0 Å². The molecule has 0 amide bonds. The average Bonchev–Trinajstić information content (AvgIpc) is 2.87. The van der Waals surface area contributed by atoms with E-state index in [0.29, 0.717) is 12.5 Å². The number of hydrogen-bond acceptors (Lipinski definition) is 3. The molecule has 0 bridgehead atoms. The SMILES string of the molecule is CN(C(CN)C1CC1)S(=O)(=O)C(C)(C)C. The van der Waals surface area contributed by atoms with E-state index >= 15 is 0 Å². The minimum atomic E-state index is -3.24. The molecule has 1 rings (SSSR count). The van der Waals surface area contributed by atoms with Gasteiger partial charge < -0.3 is 5.73 Å². The Bertz CT molecular complexity index is 315. The molecule has 0 aliphatic heterocycles. The Morgan fingerprint density at radius 3 is 2.13 bits per heavy atom. The van der Waals surface area contributed by atoms with Crippen LogP contribution in [0.25, 0.3) is 0 Å². The van der Waals surface area contributed by atoms with Crippen molar-refractivity contribution in [1.82, 2.24) is 4.31 Å². The molecule has 0 heterocycles. The topological polar surface area (TPSA) is 63.4 Å². The van der Waals surface area contributed by atoms with Gasteiger partial charge in [0.2, 0.25) is 10.0 Å². The van der Waals surface area contributed by atoms with Crippen molar-refractivity contribution in [3.8, 4) is 0 Å². The highest BCUT2D eigenvalue weighted by molar-refractivity contribution is 7.90. The Labute approximate surface area is 92.9 Å². The molecule has 1 atom stereocenters. The molecule has 15 heavy (non-hydrogen) atoms. The van der Waals surface area contributed by atoms with Crippen molar-refractivity contribution in [3.05, 3.63) is 0 Å². The number of sulfonamides is 1. The number of nitrogens with two attached hydrogens (primary N) is 1. The van der Waals surface area contributed by atoms with Gasteiger partial charge in [0.1, 0.15) is 0 Å². The maximum absolute atomic E-state index is 12.2. The third kappa shape index (κ3) is 2.52. The Kier molecular flexibility index (Phi) is 3.48. The maximum Gasteiger partial charge on any atom is 0.219 e. The second kappa shape index (κ2) is 4.03. The van der Waals surface area contributed by atoms with Crippen molar-refractivity contribution in [2.24, 2.45) is 11.7 Å². The van der Waals surface area contributed by atoms with Crippen LogP contribution in [0.5, 0.6) is 0 Å². The second-order valence-corrected chi connectivity index (χ2v) is 8.02. The molecule has 0 radical (unpaired) electrons. The highest BCUT2D eigenvalue weighted by atomic mass is 32.2. The normalized spacial score (nSPS) is 20.7. The van der Waals surface area contributed by atoms with E-state index in [1.807, 2.05) is 0 Å². The van der Waals surface area contributed by atoms with Crippen LogP contribution in [0.1, 0.15) is 33.6 Å². The van der Waals surface area contributed by atoms with E-state index in [1.165, 1.54) is 4.31 Å². The molecule has 5 heteroatoms. The molecule has 1 fully saturated rings. The molecule has 0 aromatic carbocycles. The molecular formula is C10H22N2O2S. The van der Waals surface area contributed by atoms with Gasteiger partial charge in [0.15, 0.2) is 0 Å². The summed E-state index contributed by atoms with van der Waals surface area (Å²) in [6.07, 6.45) is 2.21. The zero-order valence-electron chi connectivity index (χ0n) is 10.0. The van der Waals surface area contributed by atoms with E-state index in [2.05, 4.69) is 0 Å². The van der Waals surface area contributed by atoms with Crippen LogP contribution >= 0.6 is 0 Å². The first-order valence-electron chi connectivity index (χ1n) is 5.39. The van der Waals surface area contributed by atoms with Gasteiger partial charge in [0.05, 0.1) is 4.75 Å². The van der Waals surface area contributed by atoms with Crippen molar-refractivity contribution in [1.29, 1.82) is 0 Å². The summed E-state index contributed by atoms with van der Waals surface area (Å²) in [5.41, 5.74) is 5.65. The standard InChI is InChI=1S/C10H22N2O2S/c1-10(2,3)15(13,14)12(4)9(7-11)8-5-6-8/h8-9H,5-7,11H2,1-4H3. The summed E-state index contributed by atoms with van der Waals surface area (Å²) in [5, 5.41) is 0. The molecule has 90 valence electrons. The smallest absolute Gasteiger partial charge is 0.219 e. The summed E-state index contributed by atoms with van der Waals surface area (Å²) in [5.74, 6) is 0.470. The molecule has 4 nitrogen and oxygen atoms in total. The van der Waals surface area contributed by atoms with E-state index in [0.717, 1.165) is 12.8 Å². The van der Waals surface area contributed by atoms with Crippen LogP contribution in [0, 0.1) is 5.92 Å². The molecule has 0 aromatic rings. The van der Waals surface area contributed by atoms with Crippen LogP contribution in [-0.2, 0) is 10.0 Å². The Balaban J connectivity index is 2.86. The van der Waals surface area contributed by atoms with Gasteiger partial charge in [0, 0.05) is 19.6 Å². The summed E-state index contributed by atoms with van der Waals surface area (Å²) in [7, 11) is -1.59. The van der Waals surface area contributed by atoms with Gasteiger partial charge in [-0.2, -0.15) is 4.31 Å². The van der Waals surface area contributed by atoms with Gasteiger partial charge in [-0.05, 0) is 39.5 Å². The van der Waals surface area contributed by atoms with Gasteiger partial charge in [-0.15, -0.1) is 0 Å². The zero-order chi connectivity index (χ0) is 11.9. The second-order valence-electron chi connectivity index (χ2n) is 5.27. The molecule has 1 unspecified atom stereocenters. The number of hydrogen-bond donors (Lipinski definition) is 1. The van der Waals surface area contributed by atoms with E-state index in [9.17, 15) is 8.42 Å². The number of rotatable bonds is 4. The molecule has 0 saturated heterocycles.